The molecule has 0 aliphatic carbocycles. The Kier molecular flexibility index (Phi) is 3.76. The molecule has 0 spiro atoms. The predicted molar refractivity (Wildman–Crippen MR) is 72.0 cm³/mol. The Balaban J connectivity index is 0.00000121. The molecule has 2 aliphatic rings. The maximum atomic E-state index is 4.57. The maximum absolute atomic E-state index is 4.57. The van der Waals surface area contributed by atoms with Crippen LogP contribution >= 0.6 is 0 Å². The molecule has 107 valence electrons. The summed E-state index contributed by atoms with van der Waals surface area (Å²) in [6, 6.07) is 0. The summed E-state index contributed by atoms with van der Waals surface area (Å²) in [4.78, 5) is 13.7. The molecule has 0 amide bonds. The molecule has 0 bridgehead atoms. The Hall–Kier alpha value is -1.03. The number of anilines is 1. The van der Waals surface area contributed by atoms with E-state index in [0.29, 0.717) is 5.65 Å². The van der Waals surface area contributed by atoms with Gasteiger partial charge in [0.25, 0.3) is 0 Å². The van der Waals surface area contributed by atoms with Gasteiger partial charge in [-0.3, -0.25) is 10.1 Å². The Bertz CT molecular complexity index is 599. The van der Waals surface area contributed by atoms with Crippen molar-refractivity contribution >= 4 is 17.0 Å². The van der Waals surface area contributed by atoms with Crippen LogP contribution in [0.3, 0.4) is 0 Å². The minimum absolute atomic E-state index is 0. The van der Waals surface area contributed by atoms with E-state index >= 15 is 0 Å². The quantitative estimate of drug-likeness (QED) is 0.635. The largest absolute Gasteiger partial charge is 0.418 e. The zero-order valence-electron chi connectivity index (χ0n) is 11.4. The van der Waals surface area contributed by atoms with Crippen LogP contribution in [0.2, 0.25) is 0 Å². The van der Waals surface area contributed by atoms with Gasteiger partial charge in [0.1, 0.15) is 0 Å². The molecule has 2 fully saturated rings. The van der Waals surface area contributed by atoms with Crippen LogP contribution in [0.4, 0.5) is 5.82 Å². The van der Waals surface area contributed by atoms with Gasteiger partial charge in [-0.05, 0) is 37.5 Å². The van der Waals surface area contributed by atoms with E-state index in [-0.39, 0.29) is 20.4 Å². The van der Waals surface area contributed by atoms with Crippen LogP contribution in [0.15, 0.2) is 12.4 Å². The third kappa shape index (κ3) is 2.34. The molecule has 2 aromatic heterocycles. The minimum Gasteiger partial charge on any atom is -0.418 e. The average Bonchev–Trinajstić information content (AvgIpc) is 3.02. The summed E-state index contributed by atoms with van der Waals surface area (Å²) < 4.78 is 0. The van der Waals surface area contributed by atoms with Gasteiger partial charge in [-0.2, -0.15) is 0 Å². The van der Waals surface area contributed by atoms with Crippen LogP contribution < -0.4 is 10.00 Å². The van der Waals surface area contributed by atoms with Crippen molar-refractivity contribution in [1.29, 1.82) is 0 Å². The molecule has 0 saturated carbocycles. The first-order chi connectivity index (χ1) is 9.29. The zero-order valence-corrected chi connectivity index (χ0v) is 14.1. The van der Waals surface area contributed by atoms with E-state index in [2.05, 4.69) is 37.0 Å². The first-order valence-electron chi connectivity index (χ1n) is 6.84. The number of piperidine rings is 1. The standard InChI is InChI=1S/C13H17N6.Re/c1-18-3-2-9-7-19(8-10(9)6-18)12-5-14-11-4-15-17-13(11)16-12;/h4-5,9-10H,2-3,6-8H2,1H3;/q-1;. The van der Waals surface area contributed by atoms with Crippen molar-refractivity contribution in [2.45, 2.75) is 6.42 Å². The van der Waals surface area contributed by atoms with Gasteiger partial charge in [0, 0.05) is 52.1 Å². The Morgan fingerprint density at radius 1 is 1.20 bits per heavy atom. The van der Waals surface area contributed by atoms with Crippen molar-refractivity contribution in [2.24, 2.45) is 11.8 Å². The van der Waals surface area contributed by atoms with Crippen LogP contribution in [0.25, 0.3) is 11.2 Å². The van der Waals surface area contributed by atoms with Crippen molar-refractivity contribution in [3.8, 4) is 0 Å². The zero-order chi connectivity index (χ0) is 12.8. The van der Waals surface area contributed by atoms with E-state index < -0.39 is 0 Å². The predicted octanol–water partition coefficient (Wildman–Crippen LogP) is 0.367. The van der Waals surface area contributed by atoms with E-state index in [0.717, 1.165) is 36.3 Å². The second-order valence-electron chi connectivity index (χ2n) is 5.76. The Morgan fingerprint density at radius 2 is 2.05 bits per heavy atom. The van der Waals surface area contributed by atoms with Crippen LogP contribution in [-0.4, -0.2) is 53.2 Å². The summed E-state index contributed by atoms with van der Waals surface area (Å²) in [7, 11) is 2.21. The molecule has 1 radical (unpaired) electrons. The Labute approximate surface area is 131 Å². The molecule has 4 rings (SSSR count). The van der Waals surface area contributed by atoms with Gasteiger partial charge in [-0.15, -0.1) is 0 Å². The van der Waals surface area contributed by atoms with Crippen LogP contribution in [0.5, 0.6) is 0 Å². The number of fused-ring (bicyclic) bond motifs is 2. The van der Waals surface area contributed by atoms with Gasteiger partial charge in [0.05, 0.1) is 11.7 Å². The van der Waals surface area contributed by atoms with Crippen molar-refractivity contribution in [3.05, 3.63) is 12.4 Å². The third-order valence-corrected chi connectivity index (χ3v) is 4.43. The molecule has 2 aliphatic heterocycles. The summed E-state index contributed by atoms with van der Waals surface area (Å²) in [5.41, 5.74) is 1.43. The smallest absolute Gasteiger partial charge is 0.0816 e. The number of likely N-dealkylation sites (tertiary alicyclic amines) is 1. The molecule has 6 nitrogen and oxygen atoms in total. The fourth-order valence-electron chi connectivity index (χ4n) is 3.37. The molecular weight excluding hydrogens is 426 g/mol. The number of aromatic nitrogens is 4. The normalized spacial score (nSPS) is 26.6. The van der Waals surface area contributed by atoms with E-state index in [9.17, 15) is 0 Å². The molecule has 2 atom stereocenters. The maximum Gasteiger partial charge on any atom is 0.0816 e. The van der Waals surface area contributed by atoms with E-state index in [1.807, 2.05) is 6.20 Å². The van der Waals surface area contributed by atoms with E-state index in [4.69, 9.17) is 0 Å². The first-order valence-corrected chi connectivity index (χ1v) is 6.84. The van der Waals surface area contributed by atoms with Gasteiger partial charge in [-0.25, -0.2) is 0 Å². The van der Waals surface area contributed by atoms with E-state index in [1.54, 1.807) is 6.20 Å². The molecule has 0 N–H and O–H groups in total. The summed E-state index contributed by atoms with van der Waals surface area (Å²) in [5.74, 6) is 2.52. The molecule has 7 heteroatoms. The molecule has 4 heterocycles. The number of nitrogens with zero attached hydrogens (tertiary/aromatic N) is 6. The van der Waals surface area contributed by atoms with Crippen LogP contribution in [0.1, 0.15) is 6.42 Å². The van der Waals surface area contributed by atoms with Crippen molar-refractivity contribution in [2.75, 3.05) is 38.1 Å². The summed E-state index contributed by atoms with van der Waals surface area (Å²) in [5, 5.41) is 7.85. The van der Waals surface area contributed by atoms with Crippen molar-refractivity contribution in [1.82, 2.24) is 25.1 Å². The van der Waals surface area contributed by atoms with Gasteiger partial charge < -0.3 is 19.9 Å². The van der Waals surface area contributed by atoms with Gasteiger partial charge in [-0.1, -0.05) is 0 Å². The molecule has 2 aromatic rings. The van der Waals surface area contributed by atoms with E-state index in [1.165, 1.54) is 19.5 Å². The van der Waals surface area contributed by atoms with Crippen molar-refractivity contribution < 1.29 is 20.4 Å². The monoisotopic (exact) mass is 444 g/mol. The minimum atomic E-state index is 0. The number of hydrogen-bond acceptors (Lipinski definition) is 5. The Morgan fingerprint density at radius 3 is 2.95 bits per heavy atom. The average molecular weight is 444 g/mol. The summed E-state index contributed by atoms with van der Waals surface area (Å²) in [6.07, 6.45) is 4.81. The second-order valence-corrected chi connectivity index (χ2v) is 5.76. The SMILES string of the molecule is CN1CCC2CN(c3cnc4cn[n-]c4n3)CC2C1.[Re]. The second kappa shape index (κ2) is 5.40. The fourth-order valence-corrected chi connectivity index (χ4v) is 3.37. The number of hydrogen-bond donors (Lipinski definition) is 0. The fraction of sp³-hybridized carbons (Fsp3) is 0.615. The molecular formula is C13H17N6Re-. The van der Waals surface area contributed by atoms with Gasteiger partial charge in [0.15, 0.2) is 0 Å². The molecule has 0 aromatic carbocycles. The van der Waals surface area contributed by atoms with Crippen molar-refractivity contribution in [3.63, 3.8) is 0 Å². The molecule has 2 saturated heterocycles. The number of rotatable bonds is 1. The summed E-state index contributed by atoms with van der Waals surface area (Å²) in [6.45, 7) is 4.61. The molecule has 2 unspecified atom stereocenters. The third-order valence-electron chi connectivity index (χ3n) is 4.43. The molecule has 20 heavy (non-hydrogen) atoms. The first kappa shape index (κ1) is 13.9. The van der Waals surface area contributed by atoms with Crippen LogP contribution in [0, 0.1) is 11.8 Å². The van der Waals surface area contributed by atoms with Gasteiger partial charge >= 0.3 is 0 Å². The summed E-state index contributed by atoms with van der Waals surface area (Å²) >= 11 is 0. The van der Waals surface area contributed by atoms with Crippen LogP contribution in [-0.2, 0) is 20.4 Å². The topological polar surface area (TPSA) is 59.3 Å². The van der Waals surface area contributed by atoms with Gasteiger partial charge in [0.2, 0.25) is 0 Å².